The Morgan fingerprint density at radius 2 is 1.05 bits per heavy atom. The Hall–Kier alpha value is -2.71. The first-order valence-corrected chi connectivity index (χ1v) is 15.0. The highest BCUT2D eigenvalue weighted by Crippen LogP contribution is 2.30. The monoisotopic (exact) mass is 534 g/mol. The molecule has 0 saturated heterocycles. The van der Waals surface area contributed by atoms with E-state index < -0.39 is 0 Å². The molecule has 0 aliphatic carbocycles. The van der Waals surface area contributed by atoms with E-state index in [-0.39, 0.29) is 0 Å². The van der Waals surface area contributed by atoms with Gasteiger partial charge in [0, 0.05) is 4.90 Å². The summed E-state index contributed by atoms with van der Waals surface area (Å²) in [6.45, 7) is 17.0. The molecule has 39 heavy (non-hydrogen) atoms. The molecule has 0 saturated carbocycles. The van der Waals surface area contributed by atoms with Gasteiger partial charge >= 0.3 is 0 Å². The van der Waals surface area contributed by atoms with Gasteiger partial charge in [-0.05, 0) is 116 Å². The van der Waals surface area contributed by atoms with Crippen molar-refractivity contribution in [3.8, 4) is 22.3 Å². The highest BCUT2D eigenvalue weighted by atomic mass is 32.1. The molecule has 0 heterocycles. The van der Waals surface area contributed by atoms with E-state index in [1.54, 1.807) is 0 Å². The molecule has 0 aromatic heterocycles. The van der Waals surface area contributed by atoms with Gasteiger partial charge in [-0.3, -0.25) is 0 Å². The lowest BCUT2D eigenvalue weighted by atomic mass is 9.87. The second-order valence-corrected chi connectivity index (χ2v) is 10.8. The number of rotatable bonds is 7. The molecule has 4 aromatic rings. The van der Waals surface area contributed by atoms with Crippen LogP contribution in [0.5, 0.6) is 0 Å². The first-order chi connectivity index (χ1) is 18.7. The van der Waals surface area contributed by atoms with E-state index >= 15 is 0 Å². The number of unbranched alkanes of at least 4 members (excludes halogenated alkanes) is 1. The van der Waals surface area contributed by atoms with Crippen LogP contribution in [0, 0.1) is 27.7 Å². The van der Waals surface area contributed by atoms with E-state index in [1.807, 2.05) is 19.9 Å². The van der Waals surface area contributed by atoms with Crippen LogP contribution < -0.4 is 5.46 Å². The van der Waals surface area contributed by atoms with E-state index in [2.05, 4.69) is 121 Å². The molecule has 0 atom stereocenters. The molecule has 0 nitrogen and oxygen atoms in total. The number of aryl methyl sites for hydroxylation is 4. The summed E-state index contributed by atoms with van der Waals surface area (Å²) in [4.78, 5) is 1.02. The first kappa shape index (κ1) is 32.5. The minimum Gasteiger partial charge on any atom is -0.143 e. The second kappa shape index (κ2) is 16.4. The summed E-state index contributed by atoms with van der Waals surface area (Å²) < 4.78 is 0. The highest BCUT2D eigenvalue weighted by Gasteiger charge is 2.10. The van der Waals surface area contributed by atoms with Crippen molar-refractivity contribution in [1.29, 1.82) is 0 Å². The van der Waals surface area contributed by atoms with Crippen molar-refractivity contribution in [3.63, 3.8) is 0 Å². The molecule has 0 spiro atoms. The van der Waals surface area contributed by atoms with Gasteiger partial charge in [-0.1, -0.05) is 106 Å². The Kier molecular flexibility index (Phi) is 13.7. The quantitative estimate of drug-likeness (QED) is 0.136. The largest absolute Gasteiger partial charge is 0.143 e. The van der Waals surface area contributed by atoms with Gasteiger partial charge < -0.3 is 0 Å². The van der Waals surface area contributed by atoms with Gasteiger partial charge in [0.1, 0.15) is 7.85 Å². The summed E-state index contributed by atoms with van der Waals surface area (Å²) in [5, 5.41) is 0. The number of benzene rings is 4. The second-order valence-electron chi connectivity index (χ2n) is 10.3. The highest BCUT2D eigenvalue weighted by molar-refractivity contribution is 7.80. The standard InChI is InChI=1S/C32H33BS.C3H8.C2H6/c1-21-15-27(19-29(33)17-21)31-13-7-11-25(23(31)3)9-5-6-10-26-12-8-14-32(24(26)4)28-16-22(2)18-30(34)20-28;1-3-2;1-2/h7-8,11-20,34H,5-6,9-10H2,1-4H3;3H2,1-2H3;1-2H3. The Morgan fingerprint density at radius 1 is 0.615 bits per heavy atom. The summed E-state index contributed by atoms with van der Waals surface area (Å²) in [7, 11) is 6.11. The molecule has 2 heteroatoms. The number of hydrogen-bond donors (Lipinski definition) is 1. The van der Waals surface area contributed by atoms with Crippen LogP contribution in [-0.4, -0.2) is 7.85 Å². The SMILES string of the molecule is CC.CCC.[B]c1cc(C)cc(-c2cccc(CCCCc3cccc(-c4cc(C)cc(S)c4)c3C)c2C)c1. The molecule has 0 bridgehead atoms. The molecular formula is C37H47BS. The van der Waals surface area contributed by atoms with Crippen molar-refractivity contribution in [3.05, 3.63) is 106 Å². The lowest BCUT2D eigenvalue weighted by molar-refractivity contribution is 0.730. The van der Waals surface area contributed by atoms with E-state index in [1.165, 1.54) is 74.9 Å². The summed E-state index contributed by atoms with van der Waals surface area (Å²) in [6, 6.07) is 26.2. The summed E-state index contributed by atoms with van der Waals surface area (Å²) in [5.41, 5.74) is 14.0. The van der Waals surface area contributed by atoms with Crippen molar-refractivity contribution in [2.24, 2.45) is 0 Å². The third-order valence-corrected chi connectivity index (χ3v) is 7.08. The van der Waals surface area contributed by atoms with Crippen LogP contribution >= 0.6 is 12.6 Å². The Bertz CT molecular complexity index is 1190. The van der Waals surface area contributed by atoms with Gasteiger partial charge in [0.2, 0.25) is 0 Å². The molecule has 204 valence electrons. The fourth-order valence-electron chi connectivity index (χ4n) is 5.05. The Balaban J connectivity index is 0.000000998. The molecule has 0 N–H and O–H groups in total. The lowest BCUT2D eigenvalue weighted by Crippen LogP contribution is -2.03. The topological polar surface area (TPSA) is 0 Å². The Morgan fingerprint density at radius 3 is 1.49 bits per heavy atom. The number of thiol groups is 1. The van der Waals surface area contributed by atoms with E-state index in [4.69, 9.17) is 7.85 Å². The summed E-state index contributed by atoms with van der Waals surface area (Å²) in [6.07, 6.45) is 5.80. The van der Waals surface area contributed by atoms with Crippen molar-refractivity contribution in [1.82, 2.24) is 0 Å². The molecule has 0 aliphatic heterocycles. The summed E-state index contributed by atoms with van der Waals surface area (Å²) >= 11 is 4.58. The third-order valence-electron chi connectivity index (χ3n) is 6.82. The average molecular weight is 535 g/mol. The van der Waals surface area contributed by atoms with Crippen LogP contribution in [0.15, 0.2) is 77.7 Å². The van der Waals surface area contributed by atoms with E-state index in [0.29, 0.717) is 0 Å². The zero-order valence-electron chi connectivity index (χ0n) is 25.5. The molecule has 0 fully saturated rings. The van der Waals surface area contributed by atoms with Crippen LogP contribution in [0.3, 0.4) is 0 Å². The molecule has 4 aromatic carbocycles. The smallest absolute Gasteiger partial charge is 0.113 e. The molecule has 0 amide bonds. The molecule has 2 radical (unpaired) electrons. The maximum Gasteiger partial charge on any atom is 0.113 e. The maximum absolute atomic E-state index is 6.11. The van der Waals surface area contributed by atoms with Gasteiger partial charge in [-0.25, -0.2) is 0 Å². The van der Waals surface area contributed by atoms with Crippen LogP contribution in [0.2, 0.25) is 0 Å². The van der Waals surface area contributed by atoms with Crippen molar-refractivity contribution in [2.75, 3.05) is 0 Å². The van der Waals surface area contributed by atoms with Gasteiger partial charge in [-0.2, -0.15) is 0 Å². The molecule has 0 unspecified atom stereocenters. The van der Waals surface area contributed by atoms with Gasteiger partial charge in [0.15, 0.2) is 0 Å². The summed E-state index contributed by atoms with van der Waals surface area (Å²) in [5.74, 6) is 0. The van der Waals surface area contributed by atoms with Crippen molar-refractivity contribution >= 4 is 25.9 Å². The Labute approximate surface area is 246 Å². The van der Waals surface area contributed by atoms with Crippen molar-refractivity contribution in [2.45, 2.75) is 92.4 Å². The average Bonchev–Trinajstić information content (AvgIpc) is 2.89. The van der Waals surface area contributed by atoms with E-state index in [0.717, 1.165) is 23.2 Å². The van der Waals surface area contributed by atoms with Crippen LogP contribution in [0.4, 0.5) is 0 Å². The van der Waals surface area contributed by atoms with E-state index in [9.17, 15) is 0 Å². The molecule has 4 rings (SSSR count). The zero-order chi connectivity index (χ0) is 28.9. The van der Waals surface area contributed by atoms with Crippen LogP contribution in [-0.2, 0) is 12.8 Å². The fraction of sp³-hybridized carbons (Fsp3) is 0.351. The minimum atomic E-state index is 0.827. The molecule has 0 aliphatic rings. The predicted octanol–water partition coefficient (Wildman–Crippen LogP) is 10.3. The minimum absolute atomic E-state index is 0.827. The zero-order valence-corrected chi connectivity index (χ0v) is 26.4. The lowest BCUT2D eigenvalue weighted by Gasteiger charge is -2.14. The van der Waals surface area contributed by atoms with Gasteiger partial charge in [-0.15, -0.1) is 12.6 Å². The fourth-order valence-corrected chi connectivity index (χ4v) is 5.39. The third kappa shape index (κ3) is 9.46. The van der Waals surface area contributed by atoms with Crippen molar-refractivity contribution < 1.29 is 0 Å². The number of hydrogen-bond acceptors (Lipinski definition) is 1. The normalized spacial score (nSPS) is 10.3. The first-order valence-electron chi connectivity index (χ1n) is 14.6. The van der Waals surface area contributed by atoms with Crippen LogP contribution in [0.1, 0.15) is 80.3 Å². The molecular weight excluding hydrogens is 487 g/mol. The van der Waals surface area contributed by atoms with Crippen LogP contribution in [0.25, 0.3) is 22.3 Å². The van der Waals surface area contributed by atoms with Gasteiger partial charge in [0.25, 0.3) is 0 Å². The van der Waals surface area contributed by atoms with Gasteiger partial charge in [0.05, 0.1) is 0 Å². The maximum atomic E-state index is 6.11. The predicted molar refractivity (Wildman–Crippen MR) is 179 cm³/mol.